The zero-order valence-electron chi connectivity index (χ0n) is 26.8. The normalized spacial score (nSPS) is 18.6. The van der Waals surface area contributed by atoms with Gasteiger partial charge in [0.25, 0.3) is 0 Å². The van der Waals surface area contributed by atoms with Crippen LogP contribution in [0.5, 0.6) is 0 Å². The Morgan fingerprint density at radius 3 is 2.39 bits per heavy atom. The highest BCUT2D eigenvalue weighted by Gasteiger charge is 2.30. The number of nitrogens with one attached hydrogen (secondary N) is 2. The molecule has 2 saturated carbocycles. The highest BCUT2D eigenvalue weighted by atomic mass is 19.1. The first-order valence-electron chi connectivity index (χ1n) is 16.3. The number of aryl methyl sites for hydroxylation is 1. The van der Waals surface area contributed by atoms with Crippen molar-refractivity contribution in [3.05, 3.63) is 23.9 Å². The number of aromatic nitrogens is 4. The van der Waals surface area contributed by atoms with E-state index >= 15 is 0 Å². The molecule has 244 valence electrons. The number of carbonyl (C=O) groups is 2. The van der Waals surface area contributed by atoms with Crippen molar-refractivity contribution >= 4 is 18.1 Å². The van der Waals surface area contributed by atoms with E-state index in [1.807, 2.05) is 32.5 Å². The summed E-state index contributed by atoms with van der Waals surface area (Å²) < 4.78 is 21.9. The number of unbranched alkanes of at least 4 members (excludes halogenated alkanes) is 5. The van der Waals surface area contributed by atoms with Gasteiger partial charge in [0.05, 0.1) is 12.4 Å². The van der Waals surface area contributed by atoms with Crippen molar-refractivity contribution in [3.8, 4) is 11.3 Å². The Morgan fingerprint density at radius 1 is 1.05 bits per heavy atom. The molecule has 11 nitrogen and oxygen atoms in total. The van der Waals surface area contributed by atoms with Gasteiger partial charge in [0.1, 0.15) is 11.3 Å². The fourth-order valence-electron chi connectivity index (χ4n) is 5.89. The molecule has 44 heavy (non-hydrogen) atoms. The number of alkyl carbamates (subject to hydrolysis) is 1. The first-order valence-corrected chi connectivity index (χ1v) is 16.3. The van der Waals surface area contributed by atoms with E-state index in [2.05, 4.69) is 25.7 Å². The number of carbonyl (C=O) groups excluding carboxylic acids is 1. The Labute approximate surface area is 260 Å². The van der Waals surface area contributed by atoms with Gasteiger partial charge in [0, 0.05) is 43.5 Å². The number of anilines is 1. The smallest absolute Gasteiger partial charge is 0.407 e. The number of halogens is 1. The Hall–Kier alpha value is -3.44. The fraction of sp³-hybridized carbons (Fsp3) is 0.719. The third-order valence-electron chi connectivity index (χ3n) is 8.45. The molecule has 0 radical (unpaired) electrons. The van der Waals surface area contributed by atoms with Gasteiger partial charge in [0.2, 0.25) is 5.95 Å². The largest absolute Gasteiger partial charge is 0.465 e. The molecule has 0 unspecified atom stereocenters. The molecule has 0 spiro atoms. The highest BCUT2D eigenvalue weighted by molar-refractivity contribution is 5.67. The molecule has 2 aromatic rings. The monoisotopic (exact) mass is 615 g/mol. The van der Waals surface area contributed by atoms with Gasteiger partial charge in [0.15, 0.2) is 5.82 Å². The van der Waals surface area contributed by atoms with Crippen molar-refractivity contribution < 1.29 is 23.8 Å². The van der Waals surface area contributed by atoms with Gasteiger partial charge in [-0.05, 0) is 84.5 Å². The predicted octanol–water partition coefficient (Wildman–Crippen LogP) is 6.54. The summed E-state index contributed by atoms with van der Waals surface area (Å²) in [6.45, 7) is 6.66. The minimum absolute atomic E-state index is 0.00505. The van der Waals surface area contributed by atoms with Gasteiger partial charge in [-0.3, -0.25) is 4.68 Å². The first kappa shape index (κ1) is 33.5. The quantitative estimate of drug-likeness (QED) is 0.192. The molecule has 4 rings (SSSR count). The van der Waals surface area contributed by atoms with Crippen LogP contribution in [0.1, 0.15) is 104 Å². The Kier molecular flexibility index (Phi) is 11.8. The lowest BCUT2D eigenvalue weighted by Gasteiger charge is -2.35. The van der Waals surface area contributed by atoms with Crippen LogP contribution in [0.4, 0.5) is 19.9 Å². The summed E-state index contributed by atoms with van der Waals surface area (Å²) in [4.78, 5) is 34.1. The van der Waals surface area contributed by atoms with Crippen LogP contribution >= 0.6 is 0 Å². The van der Waals surface area contributed by atoms with Crippen molar-refractivity contribution in [1.29, 1.82) is 0 Å². The summed E-state index contributed by atoms with van der Waals surface area (Å²) in [5.74, 6) is 0.567. The summed E-state index contributed by atoms with van der Waals surface area (Å²) in [5, 5.41) is 20.4. The average molecular weight is 616 g/mol. The maximum atomic E-state index is 14.8. The molecule has 12 heteroatoms. The Balaban J connectivity index is 1.16. The second kappa shape index (κ2) is 15.5. The highest BCUT2D eigenvalue weighted by Crippen LogP contribution is 2.36. The number of carboxylic acid groups (broad SMARTS) is 1. The van der Waals surface area contributed by atoms with E-state index in [-0.39, 0.29) is 23.9 Å². The summed E-state index contributed by atoms with van der Waals surface area (Å²) >= 11 is 0. The zero-order valence-corrected chi connectivity index (χ0v) is 26.8. The molecule has 0 saturated heterocycles. The van der Waals surface area contributed by atoms with Crippen LogP contribution in [-0.2, 0) is 18.2 Å². The zero-order chi connectivity index (χ0) is 31.7. The summed E-state index contributed by atoms with van der Waals surface area (Å²) in [7, 11) is 1.88. The molecular weight excluding hydrogens is 565 g/mol. The summed E-state index contributed by atoms with van der Waals surface area (Å²) in [5.41, 5.74) is 1.50. The maximum Gasteiger partial charge on any atom is 0.407 e. The van der Waals surface area contributed by atoms with Crippen molar-refractivity contribution in [2.24, 2.45) is 13.0 Å². The van der Waals surface area contributed by atoms with Crippen molar-refractivity contribution in [3.63, 3.8) is 0 Å². The molecule has 0 aromatic carbocycles. The van der Waals surface area contributed by atoms with Crippen molar-refractivity contribution in [1.82, 2.24) is 30.0 Å². The van der Waals surface area contributed by atoms with Gasteiger partial charge in [-0.1, -0.05) is 25.7 Å². The molecular formula is C32H50FN7O4. The third-order valence-corrected chi connectivity index (χ3v) is 8.45. The van der Waals surface area contributed by atoms with Crippen LogP contribution in [0.25, 0.3) is 11.3 Å². The summed E-state index contributed by atoms with van der Waals surface area (Å²) in [6.07, 6.45) is 13.8. The molecule has 2 heterocycles. The average Bonchev–Trinajstić information content (AvgIpc) is 3.71. The minimum atomic E-state index is -0.861. The number of amides is 2. The van der Waals surface area contributed by atoms with Crippen molar-refractivity contribution in [2.75, 3.05) is 18.4 Å². The molecule has 2 aromatic heterocycles. The molecule has 2 aliphatic carbocycles. The van der Waals surface area contributed by atoms with Crippen LogP contribution in [0.2, 0.25) is 0 Å². The minimum Gasteiger partial charge on any atom is -0.465 e. The van der Waals surface area contributed by atoms with Gasteiger partial charge in [-0.15, -0.1) is 0 Å². The van der Waals surface area contributed by atoms with E-state index in [0.717, 1.165) is 81.9 Å². The first-order chi connectivity index (χ1) is 21.0. The Bertz CT molecular complexity index is 1240. The molecule has 3 N–H and O–H groups in total. The number of nitrogens with zero attached hydrogens (tertiary/aromatic N) is 5. The number of ether oxygens (including phenoxy) is 1. The standard InChI is InChI=1S/C32H50FN7O4/c1-32(2,3)44-30(41)34-17-9-7-5-6-8-10-18-40(31(42)43)24-15-13-23(14-16-24)37-29-35-21-26(33)28(38-29)25-20-36-39(4)27(25)19-22-11-12-22/h20-24H,5-19H2,1-4H3,(H,34,41)(H,42,43)(H,35,37,38). The van der Waals surface area contributed by atoms with Gasteiger partial charge in [-0.25, -0.2) is 23.9 Å². The van der Waals surface area contributed by atoms with E-state index in [1.165, 1.54) is 19.0 Å². The molecule has 2 aliphatic rings. The molecule has 0 atom stereocenters. The second-order valence-corrected chi connectivity index (χ2v) is 13.3. The van der Waals surface area contributed by atoms with E-state index in [0.29, 0.717) is 25.0 Å². The lowest BCUT2D eigenvalue weighted by atomic mass is 9.90. The maximum absolute atomic E-state index is 14.8. The van der Waals surface area contributed by atoms with Crippen LogP contribution < -0.4 is 10.6 Å². The van der Waals surface area contributed by atoms with E-state index in [9.17, 15) is 19.1 Å². The topological polar surface area (TPSA) is 135 Å². The SMILES string of the molecule is Cn1ncc(-c2nc(NC3CCC(N(CCCCCCCCNC(=O)OC(C)(C)C)C(=O)O)CC3)ncc2F)c1CC1CC1. The van der Waals surface area contributed by atoms with Crippen LogP contribution in [0.3, 0.4) is 0 Å². The lowest BCUT2D eigenvalue weighted by Crippen LogP contribution is -2.44. The van der Waals surface area contributed by atoms with Crippen LogP contribution in [0.15, 0.2) is 12.4 Å². The number of hydrogen-bond donors (Lipinski definition) is 3. The molecule has 0 bridgehead atoms. The molecule has 0 aliphatic heterocycles. The van der Waals surface area contributed by atoms with E-state index in [1.54, 1.807) is 11.1 Å². The van der Waals surface area contributed by atoms with Gasteiger partial charge < -0.3 is 25.4 Å². The van der Waals surface area contributed by atoms with E-state index in [4.69, 9.17) is 4.74 Å². The third kappa shape index (κ3) is 10.3. The predicted molar refractivity (Wildman–Crippen MR) is 167 cm³/mol. The molecule has 2 fully saturated rings. The van der Waals surface area contributed by atoms with Crippen LogP contribution in [-0.4, -0.2) is 72.7 Å². The van der Waals surface area contributed by atoms with Gasteiger partial charge in [-0.2, -0.15) is 5.10 Å². The fourth-order valence-corrected chi connectivity index (χ4v) is 5.89. The van der Waals surface area contributed by atoms with Gasteiger partial charge >= 0.3 is 12.2 Å². The van der Waals surface area contributed by atoms with Crippen molar-refractivity contribution in [2.45, 2.75) is 122 Å². The number of hydrogen-bond acceptors (Lipinski definition) is 7. The molecule has 2 amide bonds. The second-order valence-electron chi connectivity index (χ2n) is 13.3. The summed E-state index contributed by atoms with van der Waals surface area (Å²) in [6, 6.07) is 0.0967. The Morgan fingerprint density at radius 2 is 1.73 bits per heavy atom. The van der Waals surface area contributed by atoms with Crippen LogP contribution in [0, 0.1) is 11.7 Å². The number of rotatable bonds is 15. The lowest BCUT2D eigenvalue weighted by molar-refractivity contribution is 0.0526. The van der Waals surface area contributed by atoms with E-state index < -0.39 is 17.5 Å².